The van der Waals surface area contributed by atoms with Gasteiger partial charge in [0, 0.05) is 24.9 Å². The fourth-order valence-electron chi connectivity index (χ4n) is 3.48. The molecule has 10 heteroatoms. The van der Waals surface area contributed by atoms with Crippen LogP contribution in [0, 0.1) is 11.7 Å². The summed E-state index contributed by atoms with van der Waals surface area (Å²) < 4.78 is 97.0. The minimum Gasteiger partial charge on any atom is -0.376 e. The van der Waals surface area contributed by atoms with Crippen molar-refractivity contribution in [3.05, 3.63) is 70.5 Å². The van der Waals surface area contributed by atoms with E-state index in [0.29, 0.717) is 30.8 Å². The van der Waals surface area contributed by atoms with Crippen LogP contribution in [-0.2, 0) is 23.7 Å². The lowest BCUT2D eigenvalue weighted by molar-refractivity contribution is -0.143. The Labute approximate surface area is 174 Å². The lowest BCUT2D eigenvalue weighted by Gasteiger charge is -2.20. The standard InChI is InChI=1S/C20H18F7NO.ClH/c21-18-4-2-1-3-16(18)17-9-28-8-13(17)11-29-10-12-5-14(19(22,23)24)7-15(6-12)20(25,26)27;/h1-7,13,17,28H,8-11H2;1H. The maximum Gasteiger partial charge on any atom is 0.416 e. The van der Waals surface area contributed by atoms with Gasteiger partial charge in [-0.3, -0.25) is 0 Å². The Balaban J connectivity index is 0.00000320. The van der Waals surface area contributed by atoms with Crippen molar-refractivity contribution in [3.63, 3.8) is 0 Å². The van der Waals surface area contributed by atoms with Gasteiger partial charge in [0.1, 0.15) is 5.82 Å². The van der Waals surface area contributed by atoms with Gasteiger partial charge in [0.15, 0.2) is 0 Å². The predicted octanol–water partition coefficient (Wildman–Crippen LogP) is 5.80. The summed E-state index contributed by atoms with van der Waals surface area (Å²) in [4.78, 5) is 0. The number of alkyl halides is 6. The van der Waals surface area contributed by atoms with E-state index in [9.17, 15) is 30.7 Å². The molecular weight excluding hydrogens is 439 g/mol. The van der Waals surface area contributed by atoms with Crippen LogP contribution in [0.5, 0.6) is 0 Å². The molecule has 0 radical (unpaired) electrons. The van der Waals surface area contributed by atoms with E-state index in [0.717, 1.165) is 0 Å². The van der Waals surface area contributed by atoms with Crippen LogP contribution in [0.3, 0.4) is 0 Å². The fourth-order valence-corrected chi connectivity index (χ4v) is 3.48. The van der Waals surface area contributed by atoms with Gasteiger partial charge in [-0.05, 0) is 35.4 Å². The monoisotopic (exact) mass is 457 g/mol. The first kappa shape index (κ1) is 24.4. The highest BCUT2D eigenvalue weighted by atomic mass is 35.5. The Morgan fingerprint density at radius 3 is 2.07 bits per heavy atom. The van der Waals surface area contributed by atoms with Gasteiger partial charge in [0.2, 0.25) is 0 Å². The van der Waals surface area contributed by atoms with E-state index >= 15 is 0 Å². The van der Waals surface area contributed by atoms with Crippen LogP contribution >= 0.6 is 12.4 Å². The molecule has 2 atom stereocenters. The largest absolute Gasteiger partial charge is 0.416 e. The minimum atomic E-state index is -4.90. The molecule has 0 amide bonds. The van der Waals surface area contributed by atoms with E-state index in [4.69, 9.17) is 4.74 Å². The molecule has 0 bridgehead atoms. The molecule has 1 N–H and O–H groups in total. The second kappa shape index (κ2) is 9.53. The zero-order chi connectivity index (χ0) is 21.2. The lowest BCUT2D eigenvalue weighted by atomic mass is 9.89. The number of halogens is 8. The first-order valence-corrected chi connectivity index (χ1v) is 8.87. The molecule has 3 rings (SSSR count). The Hall–Kier alpha value is -1.84. The first-order chi connectivity index (χ1) is 13.6. The maximum absolute atomic E-state index is 14.0. The van der Waals surface area contributed by atoms with E-state index in [1.165, 1.54) is 6.07 Å². The van der Waals surface area contributed by atoms with Crippen molar-refractivity contribution in [3.8, 4) is 0 Å². The summed E-state index contributed by atoms with van der Waals surface area (Å²) in [7, 11) is 0. The second-order valence-electron chi connectivity index (χ2n) is 6.98. The Morgan fingerprint density at radius 2 is 1.50 bits per heavy atom. The van der Waals surface area contributed by atoms with E-state index in [2.05, 4.69) is 5.32 Å². The molecule has 2 aromatic carbocycles. The summed E-state index contributed by atoms with van der Waals surface area (Å²) in [5, 5.41) is 3.11. The van der Waals surface area contributed by atoms with Crippen molar-refractivity contribution >= 4 is 12.4 Å². The quantitative estimate of drug-likeness (QED) is 0.573. The summed E-state index contributed by atoms with van der Waals surface area (Å²) in [6.07, 6.45) is -9.80. The van der Waals surface area contributed by atoms with Crippen molar-refractivity contribution in [2.45, 2.75) is 24.9 Å². The molecule has 2 unspecified atom stereocenters. The van der Waals surface area contributed by atoms with Gasteiger partial charge >= 0.3 is 12.4 Å². The molecule has 0 spiro atoms. The predicted molar refractivity (Wildman–Crippen MR) is 98.9 cm³/mol. The van der Waals surface area contributed by atoms with Gasteiger partial charge in [-0.1, -0.05) is 18.2 Å². The highest BCUT2D eigenvalue weighted by molar-refractivity contribution is 5.85. The van der Waals surface area contributed by atoms with Crippen LogP contribution in [0.1, 0.15) is 28.2 Å². The molecular formula is C20H19ClF7NO. The molecule has 30 heavy (non-hydrogen) atoms. The van der Waals surface area contributed by atoms with Crippen LogP contribution in [0.25, 0.3) is 0 Å². The summed E-state index contributed by atoms with van der Waals surface area (Å²) in [6, 6.07) is 7.65. The second-order valence-corrected chi connectivity index (χ2v) is 6.98. The molecule has 0 aromatic heterocycles. The molecule has 0 saturated carbocycles. The zero-order valence-electron chi connectivity index (χ0n) is 15.5. The third-order valence-electron chi connectivity index (χ3n) is 4.89. The Bertz CT molecular complexity index is 822. The maximum atomic E-state index is 14.0. The van der Waals surface area contributed by atoms with Crippen LogP contribution in [0.4, 0.5) is 30.7 Å². The first-order valence-electron chi connectivity index (χ1n) is 8.87. The summed E-state index contributed by atoms with van der Waals surface area (Å²) in [5.74, 6) is -0.706. The van der Waals surface area contributed by atoms with E-state index in [-0.39, 0.29) is 48.3 Å². The molecule has 1 saturated heterocycles. The Kier molecular flexibility index (Phi) is 7.76. The number of hydrogen-bond donors (Lipinski definition) is 1. The summed E-state index contributed by atoms with van der Waals surface area (Å²) in [5.41, 5.74) is -2.47. The van der Waals surface area contributed by atoms with Crippen molar-refractivity contribution in [1.29, 1.82) is 0 Å². The van der Waals surface area contributed by atoms with Crippen molar-refractivity contribution in [1.82, 2.24) is 5.32 Å². The van der Waals surface area contributed by atoms with Crippen molar-refractivity contribution < 1.29 is 35.5 Å². The van der Waals surface area contributed by atoms with Gasteiger partial charge in [-0.2, -0.15) is 26.3 Å². The summed E-state index contributed by atoms with van der Waals surface area (Å²) >= 11 is 0. The molecule has 1 aliphatic heterocycles. The van der Waals surface area contributed by atoms with Gasteiger partial charge in [0.25, 0.3) is 0 Å². The normalized spacial score (nSPS) is 19.6. The van der Waals surface area contributed by atoms with Crippen LogP contribution in [0.2, 0.25) is 0 Å². The third-order valence-corrected chi connectivity index (χ3v) is 4.89. The van der Waals surface area contributed by atoms with Crippen LogP contribution in [0.15, 0.2) is 42.5 Å². The topological polar surface area (TPSA) is 21.3 Å². The number of benzene rings is 2. The van der Waals surface area contributed by atoms with Gasteiger partial charge in [-0.15, -0.1) is 12.4 Å². The molecule has 2 nitrogen and oxygen atoms in total. The van der Waals surface area contributed by atoms with Gasteiger partial charge in [0.05, 0.1) is 24.3 Å². The third kappa shape index (κ3) is 5.86. The minimum absolute atomic E-state index is 0. The van der Waals surface area contributed by atoms with Crippen LogP contribution < -0.4 is 5.32 Å². The SMILES string of the molecule is Cl.Fc1ccccc1C1CNCC1COCc1cc(C(F)(F)F)cc(C(F)(F)F)c1. The van der Waals surface area contributed by atoms with Crippen molar-refractivity contribution in [2.75, 3.05) is 19.7 Å². The fraction of sp³-hybridized carbons (Fsp3) is 0.400. The highest BCUT2D eigenvalue weighted by Gasteiger charge is 2.37. The van der Waals surface area contributed by atoms with Crippen LogP contribution in [-0.4, -0.2) is 19.7 Å². The summed E-state index contributed by atoms with van der Waals surface area (Å²) in [6.45, 7) is 0.684. The molecule has 1 fully saturated rings. The van der Waals surface area contributed by atoms with Crippen molar-refractivity contribution in [2.24, 2.45) is 5.92 Å². The highest BCUT2D eigenvalue weighted by Crippen LogP contribution is 2.36. The van der Waals surface area contributed by atoms with Gasteiger partial charge < -0.3 is 10.1 Å². The molecule has 2 aromatic rings. The van der Waals surface area contributed by atoms with E-state index in [1.807, 2.05) is 0 Å². The smallest absolute Gasteiger partial charge is 0.376 e. The van der Waals surface area contributed by atoms with E-state index in [1.54, 1.807) is 18.2 Å². The molecule has 1 aliphatic rings. The number of rotatable bonds is 5. The average molecular weight is 458 g/mol. The molecule has 1 heterocycles. The number of nitrogens with one attached hydrogen (secondary N) is 1. The van der Waals surface area contributed by atoms with E-state index < -0.39 is 30.1 Å². The number of ether oxygens (including phenoxy) is 1. The zero-order valence-corrected chi connectivity index (χ0v) is 16.3. The Morgan fingerprint density at radius 1 is 0.900 bits per heavy atom. The lowest BCUT2D eigenvalue weighted by Crippen LogP contribution is -2.18. The molecule has 0 aliphatic carbocycles. The molecule has 166 valence electrons. The average Bonchev–Trinajstić information content (AvgIpc) is 3.09. The van der Waals surface area contributed by atoms with Gasteiger partial charge in [-0.25, -0.2) is 4.39 Å². The number of hydrogen-bond acceptors (Lipinski definition) is 2.